The van der Waals surface area contributed by atoms with Gasteiger partial charge in [0.25, 0.3) is 0 Å². The van der Waals surface area contributed by atoms with E-state index in [0.717, 1.165) is 10.6 Å². The SMILES string of the molecule is Cc1sc(N)nc1C(C)N. The zero-order chi connectivity index (χ0) is 7.72. The molecule has 0 amide bonds. The molecule has 1 heterocycles. The molecule has 1 unspecified atom stereocenters. The van der Waals surface area contributed by atoms with Crippen LogP contribution in [0.3, 0.4) is 0 Å². The summed E-state index contributed by atoms with van der Waals surface area (Å²) in [5, 5.41) is 0.602. The highest BCUT2D eigenvalue weighted by Gasteiger charge is 2.08. The van der Waals surface area contributed by atoms with E-state index in [1.54, 1.807) is 0 Å². The van der Waals surface area contributed by atoms with E-state index in [0.29, 0.717) is 5.13 Å². The molecule has 10 heavy (non-hydrogen) atoms. The Kier molecular flexibility index (Phi) is 1.92. The summed E-state index contributed by atoms with van der Waals surface area (Å²) in [6, 6.07) is -0.00597. The van der Waals surface area contributed by atoms with Gasteiger partial charge in [-0.05, 0) is 13.8 Å². The minimum Gasteiger partial charge on any atom is -0.375 e. The van der Waals surface area contributed by atoms with Crippen LogP contribution in [-0.2, 0) is 0 Å². The molecule has 4 heteroatoms. The van der Waals surface area contributed by atoms with Gasteiger partial charge in [-0.3, -0.25) is 0 Å². The topological polar surface area (TPSA) is 64.9 Å². The number of nitrogens with two attached hydrogens (primary N) is 2. The molecule has 0 saturated carbocycles. The van der Waals surface area contributed by atoms with E-state index in [1.165, 1.54) is 11.3 Å². The monoisotopic (exact) mass is 157 g/mol. The van der Waals surface area contributed by atoms with Gasteiger partial charge in [0.15, 0.2) is 5.13 Å². The average molecular weight is 157 g/mol. The number of hydrogen-bond donors (Lipinski definition) is 2. The number of anilines is 1. The van der Waals surface area contributed by atoms with Gasteiger partial charge >= 0.3 is 0 Å². The maximum Gasteiger partial charge on any atom is 0.180 e. The van der Waals surface area contributed by atoms with Gasteiger partial charge in [-0.2, -0.15) is 0 Å². The molecular weight excluding hydrogens is 146 g/mol. The maximum atomic E-state index is 5.62. The Hall–Kier alpha value is -0.610. The number of aryl methyl sites for hydroxylation is 1. The van der Waals surface area contributed by atoms with E-state index in [1.807, 2.05) is 13.8 Å². The van der Waals surface area contributed by atoms with Gasteiger partial charge in [-0.25, -0.2) is 4.98 Å². The molecule has 3 nitrogen and oxygen atoms in total. The Balaban J connectivity index is 3.03. The molecule has 0 aliphatic heterocycles. The lowest BCUT2D eigenvalue weighted by Gasteiger charge is -1.99. The third-order valence-electron chi connectivity index (χ3n) is 1.28. The average Bonchev–Trinajstić information content (AvgIpc) is 2.10. The first-order valence-electron chi connectivity index (χ1n) is 3.09. The molecule has 1 aromatic heterocycles. The van der Waals surface area contributed by atoms with Gasteiger partial charge in [0.05, 0.1) is 5.69 Å². The number of nitrogens with zero attached hydrogens (tertiary/aromatic N) is 1. The standard InChI is InChI=1S/C6H11N3S/c1-3(7)5-4(2)10-6(8)9-5/h3H,7H2,1-2H3,(H2,8,9). The van der Waals surface area contributed by atoms with Crippen LogP contribution in [0.15, 0.2) is 0 Å². The number of thiazole rings is 1. The highest BCUT2D eigenvalue weighted by atomic mass is 32.1. The molecule has 1 aromatic rings. The molecule has 0 spiro atoms. The Morgan fingerprint density at radius 3 is 2.40 bits per heavy atom. The summed E-state index contributed by atoms with van der Waals surface area (Å²) in [7, 11) is 0. The summed E-state index contributed by atoms with van der Waals surface area (Å²) in [4.78, 5) is 5.20. The first kappa shape index (κ1) is 7.50. The van der Waals surface area contributed by atoms with Crippen molar-refractivity contribution in [3.63, 3.8) is 0 Å². The fourth-order valence-corrected chi connectivity index (χ4v) is 1.65. The Bertz CT molecular complexity index is 229. The lowest BCUT2D eigenvalue weighted by molar-refractivity contribution is 0.784. The molecule has 1 atom stereocenters. The molecule has 56 valence electrons. The van der Waals surface area contributed by atoms with Crippen molar-refractivity contribution in [2.45, 2.75) is 19.9 Å². The summed E-state index contributed by atoms with van der Waals surface area (Å²) in [5.74, 6) is 0. The quantitative estimate of drug-likeness (QED) is 0.640. The molecule has 0 aliphatic rings. The van der Waals surface area contributed by atoms with Crippen molar-refractivity contribution in [2.24, 2.45) is 5.73 Å². The van der Waals surface area contributed by atoms with Crippen LogP contribution in [0, 0.1) is 6.92 Å². The number of hydrogen-bond acceptors (Lipinski definition) is 4. The van der Waals surface area contributed by atoms with Gasteiger partial charge < -0.3 is 11.5 Å². The molecule has 1 rings (SSSR count). The van der Waals surface area contributed by atoms with Crippen LogP contribution >= 0.6 is 11.3 Å². The Labute approximate surface area is 64.1 Å². The van der Waals surface area contributed by atoms with Crippen molar-refractivity contribution >= 4 is 16.5 Å². The van der Waals surface area contributed by atoms with Gasteiger partial charge in [-0.1, -0.05) is 0 Å². The highest BCUT2D eigenvalue weighted by Crippen LogP contribution is 2.22. The van der Waals surface area contributed by atoms with E-state index in [4.69, 9.17) is 11.5 Å². The number of aromatic nitrogens is 1. The minimum atomic E-state index is -0.00597. The molecule has 0 radical (unpaired) electrons. The molecule has 0 bridgehead atoms. The van der Waals surface area contributed by atoms with E-state index in [2.05, 4.69) is 4.98 Å². The Morgan fingerprint density at radius 2 is 2.20 bits per heavy atom. The first-order valence-corrected chi connectivity index (χ1v) is 3.91. The minimum absolute atomic E-state index is 0.00597. The Morgan fingerprint density at radius 1 is 1.60 bits per heavy atom. The lowest BCUT2D eigenvalue weighted by Crippen LogP contribution is -2.06. The van der Waals surface area contributed by atoms with E-state index in [-0.39, 0.29) is 6.04 Å². The number of rotatable bonds is 1. The molecule has 0 aromatic carbocycles. The third kappa shape index (κ3) is 1.27. The zero-order valence-corrected chi connectivity index (χ0v) is 6.90. The van der Waals surface area contributed by atoms with Crippen LogP contribution in [0.4, 0.5) is 5.13 Å². The summed E-state index contributed by atoms with van der Waals surface area (Å²) < 4.78 is 0. The summed E-state index contributed by atoms with van der Waals surface area (Å²) in [5.41, 5.74) is 12.0. The normalized spacial score (nSPS) is 13.5. The van der Waals surface area contributed by atoms with Crippen LogP contribution in [-0.4, -0.2) is 4.98 Å². The second-order valence-electron chi connectivity index (χ2n) is 2.28. The van der Waals surface area contributed by atoms with E-state index in [9.17, 15) is 0 Å². The van der Waals surface area contributed by atoms with Crippen molar-refractivity contribution in [2.75, 3.05) is 5.73 Å². The fraction of sp³-hybridized carbons (Fsp3) is 0.500. The van der Waals surface area contributed by atoms with Crippen LogP contribution < -0.4 is 11.5 Å². The van der Waals surface area contributed by atoms with Crippen LogP contribution in [0.5, 0.6) is 0 Å². The van der Waals surface area contributed by atoms with Crippen LogP contribution in [0.2, 0.25) is 0 Å². The summed E-state index contributed by atoms with van der Waals surface area (Å²) >= 11 is 1.48. The van der Waals surface area contributed by atoms with Gasteiger partial charge in [0.1, 0.15) is 0 Å². The van der Waals surface area contributed by atoms with E-state index < -0.39 is 0 Å². The molecule has 0 aliphatic carbocycles. The second kappa shape index (κ2) is 2.56. The predicted molar refractivity (Wildman–Crippen MR) is 43.9 cm³/mol. The molecule has 0 saturated heterocycles. The van der Waals surface area contributed by atoms with Crippen molar-refractivity contribution in [1.82, 2.24) is 4.98 Å². The lowest BCUT2D eigenvalue weighted by atomic mass is 10.2. The fourth-order valence-electron chi connectivity index (χ4n) is 0.852. The predicted octanol–water partition coefficient (Wildman–Crippen LogP) is 1.05. The molecule has 0 fully saturated rings. The van der Waals surface area contributed by atoms with Crippen LogP contribution in [0.25, 0.3) is 0 Å². The van der Waals surface area contributed by atoms with Gasteiger partial charge in [0.2, 0.25) is 0 Å². The van der Waals surface area contributed by atoms with Gasteiger partial charge in [-0.15, -0.1) is 11.3 Å². The third-order valence-corrected chi connectivity index (χ3v) is 2.10. The molecular formula is C6H11N3S. The zero-order valence-electron chi connectivity index (χ0n) is 6.09. The van der Waals surface area contributed by atoms with Crippen molar-refractivity contribution in [3.8, 4) is 0 Å². The summed E-state index contributed by atoms with van der Waals surface area (Å²) in [6.45, 7) is 3.88. The smallest absolute Gasteiger partial charge is 0.180 e. The number of nitrogen functional groups attached to an aromatic ring is 1. The first-order chi connectivity index (χ1) is 4.61. The summed E-state index contributed by atoms with van der Waals surface area (Å²) in [6.07, 6.45) is 0. The van der Waals surface area contributed by atoms with E-state index >= 15 is 0 Å². The maximum absolute atomic E-state index is 5.62. The van der Waals surface area contributed by atoms with Gasteiger partial charge in [0, 0.05) is 10.9 Å². The largest absolute Gasteiger partial charge is 0.375 e. The molecule has 4 N–H and O–H groups in total. The van der Waals surface area contributed by atoms with Crippen molar-refractivity contribution < 1.29 is 0 Å². The van der Waals surface area contributed by atoms with Crippen molar-refractivity contribution in [1.29, 1.82) is 0 Å². The van der Waals surface area contributed by atoms with Crippen LogP contribution in [0.1, 0.15) is 23.5 Å². The van der Waals surface area contributed by atoms with Crippen molar-refractivity contribution in [3.05, 3.63) is 10.6 Å². The second-order valence-corrected chi connectivity index (χ2v) is 3.52. The highest BCUT2D eigenvalue weighted by molar-refractivity contribution is 7.15.